The molecule has 2 aromatic rings. The molecular formula is C16H18ClNO. The van der Waals surface area contributed by atoms with Gasteiger partial charge in [-0.25, -0.2) is 0 Å². The summed E-state index contributed by atoms with van der Waals surface area (Å²) in [6.45, 7) is 3.93. The van der Waals surface area contributed by atoms with Crippen LogP contribution >= 0.6 is 11.6 Å². The summed E-state index contributed by atoms with van der Waals surface area (Å²) in [6, 6.07) is 15.7. The SMILES string of the molecule is CC(Oc1ccc([C@H](C)N)cc1Cl)c1ccccc1. The van der Waals surface area contributed by atoms with Gasteiger partial charge >= 0.3 is 0 Å². The summed E-state index contributed by atoms with van der Waals surface area (Å²) >= 11 is 6.22. The third kappa shape index (κ3) is 3.49. The largest absolute Gasteiger partial charge is 0.484 e. The lowest BCUT2D eigenvalue weighted by atomic mass is 10.1. The fourth-order valence-electron chi connectivity index (χ4n) is 1.88. The molecule has 19 heavy (non-hydrogen) atoms. The van der Waals surface area contributed by atoms with Crippen molar-refractivity contribution in [3.05, 3.63) is 64.7 Å². The molecule has 0 heterocycles. The number of nitrogens with two attached hydrogens (primary N) is 1. The number of hydrogen-bond acceptors (Lipinski definition) is 2. The predicted octanol–water partition coefficient (Wildman–Crippen LogP) is 4.50. The Kier molecular flexibility index (Phi) is 4.46. The second-order valence-corrected chi connectivity index (χ2v) is 5.06. The summed E-state index contributed by atoms with van der Waals surface area (Å²) in [7, 11) is 0. The van der Waals surface area contributed by atoms with Crippen LogP contribution in [0.5, 0.6) is 5.75 Å². The zero-order chi connectivity index (χ0) is 13.8. The molecule has 100 valence electrons. The predicted molar refractivity (Wildman–Crippen MR) is 79.5 cm³/mol. The van der Waals surface area contributed by atoms with Gasteiger partial charge in [0.05, 0.1) is 5.02 Å². The molecule has 2 nitrogen and oxygen atoms in total. The monoisotopic (exact) mass is 275 g/mol. The van der Waals surface area contributed by atoms with Gasteiger partial charge in [0.25, 0.3) is 0 Å². The van der Waals surface area contributed by atoms with E-state index in [0.717, 1.165) is 11.1 Å². The van der Waals surface area contributed by atoms with E-state index in [-0.39, 0.29) is 12.1 Å². The van der Waals surface area contributed by atoms with E-state index in [1.807, 2.05) is 62.4 Å². The minimum atomic E-state index is -0.0418. The molecule has 0 bridgehead atoms. The lowest BCUT2D eigenvalue weighted by molar-refractivity contribution is 0.227. The Morgan fingerprint density at radius 2 is 1.68 bits per heavy atom. The normalized spacial score (nSPS) is 13.9. The van der Waals surface area contributed by atoms with E-state index in [1.54, 1.807) is 0 Å². The Morgan fingerprint density at radius 1 is 1.00 bits per heavy atom. The summed E-state index contributed by atoms with van der Waals surface area (Å²) in [5.41, 5.74) is 7.95. The molecule has 0 saturated carbocycles. The lowest BCUT2D eigenvalue weighted by Crippen LogP contribution is -2.06. The van der Waals surface area contributed by atoms with Crippen LogP contribution in [0.2, 0.25) is 5.02 Å². The van der Waals surface area contributed by atoms with E-state index in [9.17, 15) is 0 Å². The smallest absolute Gasteiger partial charge is 0.138 e. The molecule has 1 unspecified atom stereocenters. The Bertz CT molecular complexity index is 540. The summed E-state index contributed by atoms with van der Waals surface area (Å²) in [6.07, 6.45) is -0.0418. The van der Waals surface area contributed by atoms with Crippen LogP contribution in [0.1, 0.15) is 37.1 Å². The van der Waals surface area contributed by atoms with Crippen molar-refractivity contribution in [2.24, 2.45) is 5.73 Å². The van der Waals surface area contributed by atoms with Gasteiger partial charge in [-0.1, -0.05) is 48.0 Å². The molecule has 3 heteroatoms. The molecule has 0 amide bonds. The molecule has 2 rings (SSSR count). The second kappa shape index (κ2) is 6.09. The zero-order valence-electron chi connectivity index (χ0n) is 11.1. The summed E-state index contributed by atoms with van der Waals surface area (Å²) in [5.74, 6) is 0.683. The van der Waals surface area contributed by atoms with Gasteiger partial charge in [-0.3, -0.25) is 0 Å². The van der Waals surface area contributed by atoms with Crippen molar-refractivity contribution >= 4 is 11.6 Å². The molecule has 0 saturated heterocycles. The van der Waals surface area contributed by atoms with Gasteiger partial charge < -0.3 is 10.5 Å². The zero-order valence-corrected chi connectivity index (χ0v) is 11.9. The molecule has 0 aliphatic rings. The van der Waals surface area contributed by atoms with Crippen molar-refractivity contribution in [1.29, 1.82) is 0 Å². The molecular weight excluding hydrogens is 258 g/mol. The number of ether oxygens (including phenoxy) is 1. The van der Waals surface area contributed by atoms with Crippen LogP contribution in [-0.2, 0) is 0 Å². The first-order valence-corrected chi connectivity index (χ1v) is 6.72. The topological polar surface area (TPSA) is 35.2 Å². The van der Waals surface area contributed by atoms with Crippen molar-refractivity contribution in [2.45, 2.75) is 26.0 Å². The fraction of sp³-hybridized carbons (Fsp3) is 0.250. The summed E-state index contributed by atoms with van der Waals surface area (Å²) in [5, 5.41) is 0.595. The van der Waals surface area contributed by atoms with Crippen LogP contribution in [0.15, 0.2) is 48.5 Å². The van der Waals surface area contributed by atoms with E-state index in [1.165, 1.54) is 0 Å². The van der Waals surface area contributed by atoms with Gasteiger partial charge in [0.1, 0.15) is 11.9 Å². The second-order valence-electron chi connectivity index (χ2n) is 4.65. The first kappa shape index (κ1) is 13.9. The van der Waals surface area contributed by atoms with Crippen LogP contribution in [0.25, 0.3) is 0 Å². The molecule has 0 fully saturated rings. The number of hydrogen-bond donors (Lipinski definition) is 1. The van der Waals surface area contributed by atoms with Gasteiger partial charge in [-0.05, 0) is 37.1 Å². The third-order valence-electron chi connectivity index (χ3n) is 3.05. The van der Waals surface area contributed by atoms with Crippen molar-refractivity contribution < 1.29 is 4.74 Å². The van der Waals surface area contributed by atoms with E-state index in [0.29, 0.717) is 10.8 Å². The highest BCUT2D eigenvalue weighted by Gasteiger charge is 2.10. The Morgan fingerprint density at radius 3 is 2.26 bits per heavy atom. The maximum atomic E-state index is 6.22. The summed E-state index contributed by atoms with van der Waals surface area (Å²) in [4.78, 5) is 0. The molecule has 2 N–H and O–H groups in total. The maximum absolute atomic E-state index is 6.22. The average molecular weight is 276 g/mol. The van der Waals surface area contributed by atoms with Gasteiger partial charge in [-0.2, -0.15) is 0 Å². The van der Waals surface area contributed by atoms with Crippen molar-refractivity contribution in [1.82, 2.24) is 0 Å². The molecule has 0 radical (unpaired) electrons. The highest BCUT2D eigenvalue weighted by Crippen LogP contribution is 2.31. The molecule has 2 atom stereocenters. The molecule has 2 aromatic carbocycles. The number of benzene rings is 2. The molecule has 0 aromatic heterocycles. The van der Waals surface area contributed by atoms with E-state index < -0.39 is 0 Å². The lowest BCUT2D eigenvalue weighted by Gasteiger charge is -2.17. The number of rotatable bonds is 4. The van der Waals surface area contributed by atoms with Crippen molar-refractivity contribution in [3.63, 3.8) is 0 Å². The summed E-state index contributed by atoms with van der Waals surface area (Å²) < 4.78 is 5.89. The Hall–Kier alpha value is -1.51. The van der Waals surface area contributed by atoms with Gasteiger partial charge in [0.2, 0.25) is 0 Å². The van der Waals surface area contributed by atoms with Crippen molar-refractivity contribution in [3.8, 4) is 5.75 Å². The highest BCUT2D eigenvalue weighted by atomic mass is 35.5. The minimum Gasteiger partial charge on any atom is -0.484 e. The first-order chi connectivity index (χ1) is 9.08. The third-order valence-corrected chi connectivity index (χ3v) is 3.35. The van der Waals surface area contributed by atoms with Crippen LogP contribution in [0.3, 0.4) is 0 Å². The molecule has 0 spiro atoms. The van der Waals surface area contributed by atoms with Gasteiger partial charge in [0, 0.05) is 6.04 Å². The van der Waals surface area contributed by atoms with E-state index >= 15 is 0 Å². The standard InChI is InChI=1S/C16H18ClNO/c1-11(18)14-8-9-16(15(17)10-14)19-12(2)13-6-4-3-5-7-13/h3-12H,18H2,1-2H3/t11-,12?/m0/s1. The molecule has 0 aliphatic carbocycles. The van der Waals surface area contributed by atoms with Crippen molar-refractivity contribution in [2.75, 3.05) is 0 Å². The fourth-order valence-corrected chi connectivity index (χ4v) is 2.11. The van der Waals surface area contributed by atoms with Gasteiger partial charge in [-0.15, -0.1) is 0 Å². The minimum absolute atomic E-state index is 0.0295. The number of halogens is 1. The molecule has 0 aliphatic heterocycles. The van der Waals surface area contributed by atoms with Crippen LogP contribution in [0.4, 0.5) is 0 Å². The average Bonchev–Trinajstić information content (AvgIpc) is 2.41. The highest BCUT2D eigenvalue weighted by molar-refractivity contribution is 6.32. The Labute approximate surface area is 119 Å². The quantitative estimate of drug-likeness (QED) is 0.892. The van der Waals surface area contributed by atoms with Gasteiger partial charge in [0.15, 0.2) is 0 Å². The Balaban J connectivity index is 2.15. The van der Waals surface area contributed by atoms with Crippen LogP contribution in [0, 0.1) is 0 Å². The maximum Gasteiger partial charge on any atom is 0.138 e. The van der Waals surface area contributed by atoms with Crippen LogP contribution < -0.4 is 10.5 Å². The van der Waals surface area contributed by atoms with E-state index in [2.05, 4.69) is 0 Å². The van der Waals surface area contributed by atoms with Crippen LogP contribution in [-0.4, -0.2) is 0 Å². The van der Waals surface area contributed by atoms with E-state index in [4.69, 9.17) is 22.1 Å². The first-order valence-electron chi connectivity index (χ1n) is 6.34.